The molecule has 2 aromatic carbocycles. The predicted molar refractivity (Wildman–Crippen MR) is 334 cm³/mol. The van der Waals surface area contributed by atoms with Crippen molar-refractivity contribution in [2.45, 2.75) is 71.0 Å². The molecule has 0 saturated heterocycles. The van der Waals surface area contributed by atoms with E-state index in [1.807, 2.05) is 51.2 Å². The summed E-state index contributed by atoms with van der Waals surface area (Å²) in [5.74, 6) is -0.527. The first-order valence-corrected chi connectivity index (χ1v) is 32.8. The molecule has 2 atom stereocenters. The van der Waals surface area contributed by atoms with Crippen LogP contribution in [0.2, 0.25) is 5.28 Å². The number of alkyl halides is 3. The molecule has 0 aliphatic heterocycles. The number of carboxylic acids is 1. The molecular weight excluding hydrogens is 1300 g/mol. The van der Waals surface area contributed by atoms with Crippen LogP contribution < -0.4 is 61.1 Å². The van der Waals surface area contributed by atoms with Crippen LogP contribution in [0.25, 0.3) is 5.69 Å². The van der Waals surface area contributed by atoms with E-state index in [1.54, 1.807) is 11.6 Å². The highest BCUT2D eigenvalue weighted by Gasteiger charge is 2.35. The number of hydrogen-bond acceptors (Lipinski definition) is 24. The number of ether oxygens (including phenoxy) is 5. The molecule has 0 spiro atoms. The summed E-state index contributed by atoms with van der Waals surface area (Å²) >= 11 is 5.73. The Bertz CT molecular complexity index is 3690. The van der Waals surface area contributed by atoms with Gasteiger partial charge in [0.25, 0.3) is 21.5 Å². The Hall–Kier alpha value is -8.67. The highest BCUT2D eigenvalue weighted by Crippen LogP contribution is 2.29. The summed E-state index contributed by atoms with van der Waals surface area (Å²) in [6, 6.07) is 14.8. The van der Waals surface area contributed by atoms with E-state index in [0.717, 1.165) is 25.6 Å². The van der Waals surface area contributed by atoms with E-state index in [2.05, 4.69) is 64.6 Å². The third-order valence-electron chi connectivity index (χ3n) is 10.6. The molecular formula is C54H73ClF3N14O17PS2. The standard InChI is InChI=1S/C25H25F3N2O6.C15H18N6O6S.C8H14ClN5.C3H8NO5P.C3H9S/c1-5-16-6-7-17(20(12-16)36-15(2)23(32)34-4)14-35-19-10-8-18(9-11-19)30-22(31)13-21(25(26,27)28)29(3)24(30)33;1-21(2)13(22)9-6-5-7-16-12(9)28(24,25)20-15(23)19-14-17-10(26-3)8-11(18-14)27-4;1-4-10-7-12-6(9)13-8(14-7)11-5(2)3;5-3(6)1-4-2-10(7,8)9;1-4(2)3/h6-13,15H,5,14H2,1-4H3;5-8H,1-4H3,(H2,17,18,19,20,23);5H,4H2,1-3H3,(H2,10,11,12,13,14);4H,1-2H2,(H,5,6)(H2,7,8,9);1-3H3/q;;;;+1/p-1. The molecule has 92 heavy (non-hydrogen) atoms. The highest BCUT2D eigenvalue weighted by molar-refractivity contribution is 7.94. The number of nitrogens with one attached hydrogen (secondary N) is 5. The van der Waals surface area contributed by atoms with Crippen molar-refractivity contribution in [3.63, 3.8) is 0 Å². The summed E-state index contributed by atoms with van der Waals surface area (Å²) < 4.78 is 103. The highest BCUT2D eigenvalue weighted by atomic mass is 35.5. The maximum Gasteiger partial charge on any atom is 0.431 e. The van der Waals surface area contributed by atoms with Gasteiger partial charge in [-0.05, 0) is 105 Å². The molecule has 0 aliphatic carbocycles. The number of anilines is 3. The topological polar surface area (TPSA) is 414 Å². The number of aliphatic carboxylic acids is 1. The number of urea groups is 1. The third kappa shape index (κ3) is 27.8. The minimum Gasteiger partial charge on any atom is -0.778 e. The van der Waals surface area contributed by atoms with Crippen LogP contribution in [-0.4, -0.2) is 172 Å². The fourth-order valence-electron chi connectivity index (χ4n) is 6.63. The number of methoxy groups -OCH3 is 3. The van der Waals surface area contributed by atoms with E-state index in [4.69, 9.17) is 45.3 Å². The molecule has 0 saturated carbocycles. The van der Waals surface area contributed by atoms with Gasteiger partial charge in [0.15, 0.2) is 11.1 Å². The van der Waals surface area contributed by atoms with Gasteiger partial charge in [-0.25, -0.2) is 28.7 Å². The predicted octanol–water partition coefficient (Wildman–Crippen LogP) is 4.17. The molecule has 4 aromatic heterocycles. The summed E-state index contributed by atoms with van der Waals surface area (Å²) in [4.78, 5) is 113. The Labute approximate surface area is 535 Å². The van der Waals surface area contributed by atoms with Crippen molar-refractivity contribution in [2.75, 3.05) is 89.5 Å². The van der Waals surface area contributed by atoms with E-state index in [0.29, 0.717) is 55.1 Å². The molecule has 7 N–H and O–H groups in total. The van der Waals surface area contributed by atoms with Crippen LogP contribution in [0.5, 0.6) is 23.3 Å². The third-order valence-corrected chi connectivity index (χ3v) is 12.7. The zero-order chi connectivity index (χ0) is 69.8. The van der Waals surface area contributed by atoms with Gasteiger partial charge in [-0.2, -0.15) is 46.5 Å². The summed E-state index contributed by atoms with van der Waals surface area (Å²) in [5, 5.41) is 17.8. The lowest BCUT2D eigenvalue weighted by Crippen LogP contribution is -2.40. The van der Waals surface area contributed by atoms with Gasteiger partial charge in [-0.15, -0.1) is 0 Å². The van der Waals surface area contributed by atoms with Gasteiger partial charge in [0.2, 0.25) is 34.9 Å². The number of nitrogens with zero attached hydrogens (tertiary/aromatic N) is 9. The number of sulfonamides is 1. The second kappa shape index (κ2) is 37.6. The largest absolute Gasteiger partial charge is 0.778 e. The first-order chi connectivity index (χ1) is 42.9. The second-order valence-electron chi connectivity index (χ2n) is 19.2. The van der Waals surface area contributed by atoms with Crippen molar-refractivity contribution >= 4 is 81.8 Å². The molecule has 0 radical (unpaired) electrons. The normalized spacial score (nSPS) is 11.8. The number of pyridine rings is 1. The van der Waals surface area contributed by atoms with Gasteiger partial charge in [0.1, 0.15) is 31.4 Å². The number of esters is 1. The van der Waals surface area contributed by atoms with Crippen LogP contribution in [-0.2, 0) is 66.1 Å². The maximum atomic E-state index is 13.1. The van der Waals surface area contributed by atoms with E-state index >= 15 is 0 Å². The van der Waals surface area contributed by atoms with E-state index in [9.17, 15) is 59.8 Å². The Morgan fingerprint density at radius 3 is 1.99 bits per heavy atom. The number of benzene rings is 2. The van der Waals surface area contributed by atoms with Gasteiger partial charge in [0, 0.05) is 51.6 Å². The quantitative estimate of drug-likeness (QED) is 0.0285. The molecule has 0 aliphatic rings. The molecule has 0 fully saturated rings. The molecule has 31 nitrogen and oxygen atoms in total. The van der Waals surface area contributed by atoms with Crippen molar-refractivity contribution in [3.8, 4) is 28.9 Å². The van der Waals surface area contributed by atoms with Gasteiger partial charge in [-0.3, -0.25) is 29.6 Å². The zero-order valence-electron chi connectivity index (χ0n) is 52.4. The van der Waals surface area contributed by atoms with Crippen LogP contribution in [0.4, 0.5) is 35.8 Å². The fraction of sp³-hybridized carbons (Fsp3) is 0.407. The average molecular weight is 1380 g/mol. The van der Waals surface area contributed by atoms with Crippen LogP contribution in [0.3, 0.4) is 0 Å². The molecule has 4 heterocycles. The van der Waals surface area contributed by atoms with Gasteiger partial charge in [0.05, 0.1) is 70.2 Å². The zero-order valence-corrected chi connectivity index (χ0v) is 55.7. The minimum atomic E-state index is -4.84. The van der Waals surface area contributed by atoms with Crippen molar-refractivity contribution in [1.82, 2.24) is 54.0 Å². The van der Waals surface area contributed by atoms with Crippen LogP contribution in [0, 0.1) is 0 Å². The molecule has 2 unspecified atom stereocenters. The molecule has 506 valence electrons. The number of carbonyl (C=O) groups excluding carboxylic acids is 3. The van der Waals surface area contributed by atoms with Crippen molar-refractivity contribution < 1.29 is 83.9 Å². The van der Waals surface area contributed by atoms with Gasteiger partial charge < -0.3 is 58.7 Å². The van der Waals surface area contributed by atoms with Crippen LogP contribution in [0.1, 0.15) is 61.8 Å². The van der Waals surface area contributed by atoms with E-state index in [-0.39, 0.29) is 46.9 Å². The Morgan fingerprint density at radius 1 is 0.880 bits per heavy atom. The monoisotopic (exact) mass is 1380 g/mol. The number of carbonyl (C=O) groups is 4. The van der Waals surface area contributed by atoms with Crippen molar-refractivity contribution in [2.24, 2.45) is 7.05 Å². The molecule has 0 bridgehead atoms. The number of aryl methyl sites for hydroxylation is 1. The average Bonchev–Trinajstić information content (AvgIpc) is 0.819. The van der Waals surface area contributed by atoms with E-state index < -0.39 is 88.6 Å². The van der Waals surface area contributed by atoms with Crippen molar-refractivity contribution in [1.29, 1.82) is 0 Å². The number of aromatic nitrogens is 8. The summed E-state index contributed by atoms with van der Waals surface area (Å²) in [5.41, 5.74) is -1.99. The Balaban J connectivity index is 0.000000451. The second-order valence-corrected chi connectivity index (χ2v) is 25.2. The van der Waals surface area contributed by atoms with Crippen molar-refractivity contribution in [3.05, 3.63) is 121 Å². The molecule has 38 heteroatoms. The lowest BCUT2D eigenvalue weighted by molar-refractivity contribution is -0.193. The van der Waals surface area contributed by atoms with Gasteiger partial charge >= 0.3 is 29.8 Å². The smallest absolute Gasteiger partial charge is 0.431 e. The number of halogens is 4. The first kappa shape index (κ1) is 79.4. The Morgan fingerprint density at radius 2 is 1.48 bits per heavy atom. The first-order valence-electron chi connectivity index (χ1n) is 26.7. The number of amides is 3. The lowest BCUT2D eigenvalue weighted by Gasteiger charge is -2.17. The molecule has 6 rings (SSSR count). The molecule has 6 aromatic rings. The van der Waals surface area contributed by atoms with E-state index in [1.165, 1.54) is 89.0 Å². The number of rotatable bonds is 22. The van der Waals surface area contributed by atoms with Crippen LogP contribution >= 0.6 is 19.2 Å². The summed E-state index contributed by atoms with van der Waals surface area (Å²) in [7, 11) is -0.337. The number of hydrogen-bond donors (Lipinski definition) is 7. The lowest BCUT2D eigenvalue weighted by atomic mass is 10.1. The van der Waals surface area contributed by atoms with Crippen LogP contribution in [0.15, 0.2) is 87.5 Å². The minimum absolute atomic E-state index is 0.0779. The molecule has 3 amide bonds. The van der Waals surface area contributed by atoms with Gasteiger partial charge in [-0.1, -0.05) is 19.1 Å². The fourth-order valence-corrected chi connectivity index (χ4v) is 8.22. The summed E-state index contributed by atoms with van der Waals surface area (Å²) in [6.45, 7) is 9.88. The SMILES string of the molecule is CCNc1nc(Cl)nc(NC(C)C)n1.CCc1ccc(COc2ccc(-n3c(=O)cc(C(F)(F)F)n(C)c3=O)cc2)c(OC(C)C(=O)OC)c1.COc1cc(OC)nc(NC(=O)NS(=O)(=O)c2ncccc2C(=O)N(C)C)n1.C[S+](C)C.O=C(O)CNCP(=O)([O-])O. The number of carboxylic acid groups (broad SMARTS) is 1. The Kier molecular flexibility index (Phi) is 32.5. The summed E-state index contributed by atoms with van der Waals surface area (Å²) in [6.07, 6.45) is 2.16. The maximum absolute atomic E-state index is 13.1.